The molecular formula is C19H20O7. The highest BCUT2D eigenvalue weighted by atomic mass is 17.5. The van der Waals surface area contributed by atoms with Crippen LogP contribution in [0, 0.1) is 0 Å². The fraction of sp³-hybridized carbons (Fsp3) is 0.263. The van der Waals surface area contributed by atoms with E-state index in [1.807, 2.05) is 43.3 Å². The average Bonchev–Trinajstić information content (AvgIpc) is 2.68. The maximum Gasteiger partial charge on any atom is 0.543 e. The Morgan fingerprint density at radius 1 is 0.846 bits per heavy atom. The molecule has 0 radical (unpaired) electrons. The molecule has 0 unspecified atom stereocenters. The minimum atomic E-state index is -1.13. The highest BCUT2D eigenvalue weighted by Crippen LogP contribution is 2.20. The van der Waals surface area contributed by atoms with E-state index in [2.05, 4.69) is 19.6 Å². The lowest BCUT2D eigenvalue weighted by Crippen LogP contribution is -2.14. The molecule has 0 aliphatic heterocycles. The van der Waals surface area contributed by atoms with E-state index in [9.17, 15) is 9.59 Å². The van der Waals surface area contributed by atoms with Crippen molar-refractivity contribution < 1.29 is 33.9 Å². The van der Waals surface area contributed by atoms with Crippen LogP contribution in [0.25, 0.3) is 11.1 Å². The summed E-state index contributed by atoms with van der Waals surface area (Å²) in [6, 6.07) is 16.3. The van der Waals surface area contributed by atoms with Gasteiger partial charge in [-0.1, -0.05) is 49.4 Å². The molecule has 138 valence electrons. The van der Waals surface area contributed by atoms with E-state index in [1.165, 1.54) is 0 Å². The fourth-order valence-electron chi connectivity index (χ4n) is 2.03. The summed E-state index contributed by atoms with van der Waals surface area (Å²) in [5, 5.41) is 4.17. The molecule has 26 heavy (non-hydrogen) atoms. The molecule has 0 spiro atoms. The Bertz CT molecular complexity index is 700. The molecule has 0 N–H and O–H groups in total. The van der Waals surface area contributed by atoms with Crippen molar-refractivity contribution in [3.63, 3.8) is 0 Å². The third kappa shape index (κ3) is 6.54. The normalized spacial score (nSPS) is 10.2. The van der Waals surface area contributed by atoms with Crippen LogP contribution >= 0.6 is 0 Å². The molecule has 7 heteroatoms. The molecule has 0 atom stereocenters. The molecule has 2 aromatic rings. The quantitative estimate of drug-likeness (QED) is 0.290. The second-order valence-electron chi connectivity index (χ2n) is 5.18. The third-order valence-corrected chi connectivity index (χ3v) is 3.21. The Kier molecular flexibility index (Phi) is 8.11. The van der Waals surface area contributed by atoms with Crippen LogP contribution in [0.15, 0.2) is 54.6 Å². The molecule has 0 aliphatic carbocycles. The van der Waals surface area contributed by atoms with Crippen LogP contribution in [-0.2, 0) is 24.3 Å². The number of hydrogen-bond acceptors (Lipinski definition) is 7. The van der Waals surface area contributed by atoms with Crippen LogP contribution in [0.5, 0.6) is 0 Å². The summed E-state index contributed by atoms with van der Waals surface area (Å²) in [7, 11) is 0. The maximum absolute atomic E-state index is 11.9. The summed E-state index contributed by atoms with van der Waals surface area (Å²) in [5.41, 5.74) is 2.04. The Morgan fingerprint density at radius 3 is 2.38 bits per heavy atom. The van der Waals surface area contributed by atoms with E-state index < -0.39 is 12.1 Å². The fourth-order valence-corrected chi connectivity index (χ4v) is 2.03. The molecule has 0 fully saturated rings. The molecule has 0 aliphatic rings. The van der Waals surface area contributed by atoms with Gasteiger partial charge < -0.3 is 9.47 Å². The number of carbonyl (C=O) groups is 2. The summed E-state index contributed by atoms with van der Waals surface area (Å²) >= 11 is 0. The predicted octanol–water partition coefficient (Wildman–Crippen LogP) is 3.94. The van der Waals surface area contributed by atoms with Gasteiger partial charge in [0.2, 0.25) is 0 Å². The van der Waals surface area contributed by atoms with Crippen LogP contribution in [0.2, 0.25) is 0 Å². The first-order valence-electron chi connectivity index (χ1n) is 8.16. The number of ether oxygens (including phenoxy) is 2. The molecular weight excluding hydrogens is 340 g/mol. The lowest BCUT2D eigenvalue weighted by molar-refractivity contribution is -0.452. The van der Waals surface area contributed by atoms with Gasteiger partial charge in [-0.2, -0.15) is 0 Å². The average molecular weight is 360 g/mol. The van der Waals surface area contributed by atoms with Crippen molar-refractivity contribution in [1.82, 2.24) is 0 Å². The summed E-state index contributed by atoms with van der Waals surface area (Å²) in [6.45, 7) is 2.80. The van der Waals surface area contributed by atoms with Gasteiger partial charge in [0.25, 0.3) is 0 Å². The van der Waals surface area contributed by atoms with Gasteiger partial charge in [0.05, 0.1) is 17.2 Å². The maximum atomic E-state index is 11.9. The number of hydrogen-bond donors (Lipinski definition) is 0. The predicted molar refractivity (Wildman–Crippen MR) is 91.9 cm³/mol. The highest BCUT2D eigenvalue weighted by molar-refractivity contribution is 5.90. The minimum absolute atomic E-state index is 0.00919. The Morgan fingerprint density at radius 2 is 1.62 bits per heavy atom. The number of carbonyl (C=O) groups excluding carboxylic acids is 2. The first-order valence-corrected chi connectivity index (χ1v) is 8.16. The van der Waals surface area contributed by atoms with Crippen LogP contribution in [0.4, 0.5) is 4.79 Å². The van der Waals surface area contributed by atoms with E-state index >= 15 is 0 Å². The van der Waals surface area contributed by atoms with Gasteiger partial charge in [0.15, 0.2) is 0 Å². The van der Waals surface area contributed by atoms with Gasteiger partial charge >= 0.3 is 12.1 Å². The molecule has 7 nitrogen and oxygen atoms in total. The van der Waals surface area contributed by atoms with E-state index in [0.717, 1.165) is 17.5 Å². The van der Waals surface area contributed by atoms with Gasteiger partial charge in [-0.05, 0) is 29.7 Å². The van der Waals surface area contributed by atoms with Crippen LogP contribution in [0.1, 0.15) is 23.7 Å². The van der Waals surface area contributed by atoms with Crippen LogP contribution in [-0.4, -0.2) is 31.9 Å². The van der Waals surface area contributed by atoms with E-state index in [0.29, 0.717) is 6.61 Å². The van der Waals surface area contributed by atoms with E-state index in [-0.39, 0.29) is 18.8 Å². The third-order valence-electron chi connectivity index (χ3n) is 3.21. The number of benzene rings is 2. The van der Waals surface area contributed by atoms with Crippen molar-refractivity contribution >= 4 is 12.1 Å². The summed E-state index contributed by atoms with van der Waals surface area (Å²) in [4.78, 5) is 31.8. The molecule has 0 amide bonds. The summed E-state index contributed by atoms with van der Waals surface area (Å²) in [5.74, 6) is -0.804. The molecule has 0 bridgehead atoms. The Hall–Kier alpha value is -2.90. The zero-order valence-electron chi connectivity index (χ0n) is 14.4. The van der Waals surface area contributed by atoms with Gasteiger partial charge in [0, 0.05) is 6.61 Å². The van der Waals surface area contributed by atoms with Crippen molar-refractivity contribution in [3.8, 4) is 11.1 Å². The lowest BCUT2D eigenvalue weighted by atomic mass is 10.0. The van der Waals surface area contributed by atoms with Crippen molar-refractivity contribution in [2.24, 2.45) is 0 Å². The van der Waals surface area contributed by atoms with E-state index in [4.69, 9.17) is 4.74 Å². The standard InChI is InChI=1S/C19H20O7/c1-2-11-22-12-13-23-19(21)25-26-24-18(20)17-10-6-9-16(14-17)15-7-4-3-5-8-15/h3-10,14H,2,11-13H2,1H3. The van der Waals surface area contributed by atoms with Gasteiger partial charge in [-0.15, -0.1) is 0 Å². The van der Waals surface area contributed by atoms with Gasteiger partial charge in [-0.3, -0.25) is 4.89 Å². The second kappa shape index (κ2) is 10.9. The molecule has 2 aromatic carbocycles. The van der Waals surface area contributed by atoms with Crippen molar-refractivity contribution in [2.75, 3.05) is 19.8 Å². The van der Waals surface area contributed by atoms with Crippen LogP contribution < -0.4 is 0 Å². The topological polar surface area (TPSA) is 80.3 Å². The zero-order valence-corrected chi connectivity index (χ0v) is 14.4. The first kappa shape index (κ1) is 19.4. The molecule has 0 saturated heterocycles. The van der Waals surface area contributed by atoms with Crippen LogP contribution in [0.3, 0.4) is 0 Å². The minimum Gasteiger partial charge on any atom is -0.430 e. The zero-order chi connectivity index (χ0) is 18.6. The van der Waals surface area contributed by atoms with E-state index in [1.54, 1.807) is 18.2 Å². The van der Waals surface area contributed by atoms with Crippen molar-refractivity contribution in [2.45, 2.75) is 13.3 Å². The second-order valence-corrected chi connectivity index (χ2v) is 5.18. The monoisotopic (exact) mass is 360 g/mol. The van der Waals surface area contributed by atoms with Crippen molar-refractivity contribution in [3.05, 3.63) is 60.2 Å². The number of rotatable bonds is 9. The SMILES string of the molecule is CCCOCCOC(=O)OOOC(=O)c1cccc(-c2ccccc2)c1. The lowest BCUT2D eigenvalue weighted by Gasteiger charge is -2.06. The highest BCUT2D eigenvalue weighted by Gasteiger charge is 2.13. The smallest absolute Gasteiger partial charge is 0.430 e. The van der Waals surface area contributed by atoms with Crippen molar-refractivity contribution in [1.29, 1.82) is 0 Å². The molecule has 2 rings (SSSR count). The summed E-state index contributed by atoms with van der Waals surface area (Å²) in [6.07, 6.45) is -0.259. The Balaban J connectivity index is 1.75. The largest absolute Gasteiger partial charge is 0.543 e. The molecule has 0 saturated carbocycles. The Labute approximate surface area is 151 Å². The molecule has 0 heterocycles. The van der Waals surface area contributed by atoms with Gasteiger partial charge in [-0.25, -0.2) is 14.5 Å². The first-order chi connectivity index (χ1) is 12.7. The summed E-state index contributed by atoms with van der Waals surface area (Å²) < 4.78 is 9.77. The molecule has 0 aromatic heterocycles. The van der Waals surface area contributed by atoms with Gasteiger partial charge in [0.1, 0.15) is 6.61 Å².